The van der Waals surface area contributed by atoms with Gasteiger partial charge >= 0.3 is 12.0 Å². The lowest BCUT2D eigenvalue weighted by molar-refractivity contribution is -0.147. The highest BCUT2D eigenvalue weighted by Gasteiger charge is 2.42. The second-order valence-corrected chi connectivity index (χ2v) is 7.41. The van der Waals surface area contributed by atoms with Crippen molar-refractivity contribution in [3.63, 3.8) is 0 Å². The SMILES string of the molecule is CC(=O)N(Cc1ccc(NC(=O)N2CCC(C)(C(=O)O)C2)cc1)C(C)C. The molecule has 1 saturated heterocycles. The zero-order chi connectivity index (χ0) is 19.5. The molecule has 7 nitrogen and oxygen atoms in total. The summed E-state index contributed by atoms with van der Waals surface area (Å²) in [4.78, 5) is 38.6. The summed E-state index contributed by atoms with van der Waals surface area (Å²) in [7, 11) is 0. The summed E-state index contributed by atoms with van der Waals surface area (Å²) in [6.07, 6.45) is 0.449. The quantitative estimate of drug-likeness (QED) is 0.844. The molecule has 1 atom stereocenters. The number of urea groups is 1. The number of aliphatic carboxylic acids is 1. The molecule has 1 aliphatic heterocycles. The number of carbonyl (C=O) groups excluding carboxylic acids is 2. The molecule has 2 rings (SSSR count). The van der Waals surface area contributed by atoms with Crippen molar-refractivity contribution in [1.29, 1.82) is 0 Å². The molecule has 1 fully saturated rings. The van der Waals surface area contributed by atoms with Gasteiger partial charge in [-0.25, -0.2) is 4.79 Å². The maximum atomic E-state index is 12.3. The number of hydrogen-bond acceptors (Lipinski definition) is 3. The van der Waals surface area contributed by atoms with Crippen LogP contribution in [0.2, 0.25) is 0 Å². The second-order valence-electron chi connectivity index (χ2n) is 7.41. The van der Waals surface area contributed by atoms with Crippen molar-refractivity contribution in [3.8, 4) is 0 Å². The van der Waals surface area contributed by atoms with Crippen molar-refractivity contribution >= 4 is 23.6 Å². The van der Waals surface area contributed by atoms with Gasteiger partial charge in [-0.15, -0.1) is 0 Å². The van der Waals surface area contributed by atoms with Crippen LogP contribution in [0.25, 0.3) is 0 Å². The first-order valence-electron chi connectivity index (χ1n) is 8.78. The van der Waals surface area contributed by atoms with Crippen LogP contribution < -0.4 is 5.32 Å². The van der Waals surface area contributed by atoms with Gasteiger partial charge in [0.05, 0.1) is 5.41 Å². The molecule has 2 N–H and O–H groups in total. The van der Waals surface area contributed by atoms with Crippen LogP contribution in [0.5, 0.6) is 0 Å². The summed E-state index contributed by atoms with van der Waals surface area (Å²) >= 11 is 0. The van der Waals surface area contributed by atoms with Crippen LogP contribution in [0.3, 0.4) is 0 Å². The number of anilines is 1. The van der Waals surface area contributed by atoms with E-state index in [-0.39, 0.29) is 24.5 Å². The number of nitrogens with zero attached hydrogens (tertiary/aromatic N) is 2. The maximum absolute atomic E-state index is 12.3. The summed E-state index contributed by atoms with van der Waals surface area (Å²) in [6, 6.07) is 7.15. The fourth-order valence-corrected chi connectivity index (χ4v) is 3.06. The van der Waals surface area contributed by atoms with Crippen LogP contribution in [0.1, 0.15) is 39.7 Å². The number of carbonyl (C=O) groups is 3. The molecule has 1 unspecified atom stereocenters. The fourth-order valence-electron chi connectivity index (χ4n) is 3.06. The first-order valence-corrected chi connectivity index (χ1v) is 8.78. The lowest BCUT2D eigenvalue weighted by atomic mass is 9.90. The summed E-state index contributed by atoms with van der Waals surface area (Å²) < 4.78 is 0. The standard InChI is InChI=1S/C19H27N3O4/c1-13(2)22(14(3)23)11-15-5-7-16(8-6-15)20-18(26)21-10-9-19(4,12-21)17(24)25/h5-8,13H,9-12H2,1-4H3,(H,20,26)(H,24,25). The largest absolute Gasteiger partial charge is 0.481 e. The van der Waals surface area contributed by atoms with Crippen molar-refractivity contribution in [2.45, 2.75) is 46.7 Å². The maximum Gasteiger partial charge on any atom is 0.321 e. The molecular formula is C19H27N3O4. The minimum Gasteiger partial charge on any atom is -0.481 e. The average molecular weight is 361 g/mol. The van der Waals surface area contributed by atoms with Gasteiger partial charge < -0.3 is 20.2 Å². The van der Waals surface area contributed by atoms with Gasteiger partial charge in [0.15, 0.2) is 0 Å². The van der Waals surface area contributed by atoms with E-state index in [1.165, 1.54) is 4.90 Å². The lowest BCUT2D eigenvalue weighted by Gasteiger charge is -2.25. The van der Waals surface area contributed by atoms with E-state index in [0.717, 1.165) is 5.56 Å². The molecule has 1 aliphatic rings. The number of carboxylic acid groups (broad SMARTS) is 1. The summed E-state index contributed by atoms with van der Waals surface area (Å²) in [5.41, 5.74) is 0.738. The Bertz CT molecular complexity index is 687. The fraction of sp³-hybridized carbons (Fsp3) is 0.526. The van der Waals surface area contributed by atoms with Crippen LogP contribution >= 0.6 is 0 Å². The number of likely N-dealkylation sites (tertiary alicyclic amines) is 1. The van der Waals surface area contributed by atoms with Gasteiger partial charge in [0, 0.05) is 38.3 Å². The molecule has 0 bridgehead atoms. The summed E-state index contributed by atoms with van der Waals surface area (Å²) in [5, 5.41) is 12.1. The number of rotatable bonds is 5. The van der Waals surface area contributed by atoms with Crippen LogP contribution in [-0.4, -0.2) is 51.9 Å². The molecule has 0 radical (unpaired) electrons. The van der Waals surface area contributed by atoms with E-state index >= 15 is 0 Å². The van der Waals surface area contributed by atoms with Crippen LogP contribution in [0, 0.1) is 5.41 Å². The Hall–Kier alpha value is -2.57. The first-order chi connectivity index (χ1) is 12.1. The molecule has 1 heterocycles. The van der Waals surface area contributed by atoms with E-state index < -0.39 is 11.4 Å². The first kappa shape index (κ1) is 19.8. The Morgan fingerprint density at radius 2 is 1.88 bits per heavy atom. The highest BCUT2D eigenvalue weighted by molar-refractivity contribution is 5.90. The molecule has 0 saturated carbocycles. The number of carboxylic acids is 1. The van der Waals surface area contributed by atoms with Gasteiger partial charge in [-0.3, -0.25) is 9.59 Å². The van der Waals surface area contributed by atoms with E-state index in [1.54, 1.807) is 30.9 Å². The monoisotopic (exact) mass is 361 g/mol. The number of benzene rings is 1. The van der Waals surface area contributed by atoms with Crippen molar-refractivity contribution in [2.75, 3.05) is 18.4 Å². The number of amides is 3. The molecule has 0 spiro atoms. The van der Waals surface area contributed by atoms with E-state index in [1.807, 2.05) is 26.0 Å². The molecule has 7 heteroatoms. The molecule has 0 aromatic heterocycles. The van der Waals surface area contributed by atoms with Crippen molar-refractivity contribution in [2.24, 2.45) is 5.41 Å². The van der Waals surface area contributed by atoms with E-state index in [9.17, 15) is 19.5 Å². The van der Waals surface area contributed by atoms with E-state index in [4.69, 9.17) is 0 Å². The minimum absolute atomic E-state index is 0.0212. The Labute approximate surface area is 154 Å². The normalized spacial score (nSPS) is 19.5. The third-order valence-electron chi connectivity index (χ3n) is 4.86. The Kier molecular flexibility index (Phi) is 5.90. The molecule has 26 heavy (non-hydrogen) atoms. The smallest absolute Gasteiger partial charge is 0.321 e. The summed E-state index contributed by atoms with van der Waals surface area (Å²) in [6.45, 7) is 8.30. The highest BCUT2D eigenvalue weighted by Crippen LogP contribution is 2.30. The van der Waals surface area contributed by atoms with E-state index in [0.29, 0.717) is 25.2 Å². The molecular weight excluding hydrogens is 334 g/mol. The average Bonchev–Trinajstić information content (AvgIpc) is 2.97. The zero-order valence-corrected chi connectivity index (χ0v) is 15.8. The Balaban J connectivity index is 1.96. The Morgan fingerprint density at radius 3 is 2.35 bits per heavy atom. The highest BCUT2D eigenvalue weighted by atomic mass is 16.4. The van der Waals surface area contributed by atoms with Crippen molar-refractivity contribution < 1.29 is 19.5 Å². The molecule has 0 aliphatic carbocycles. The van der Waals surface area contributed by atoms with Gasteiger partial charge in [0.1, 0.15) is 0 Å². The molecule has 3 amide bonds. The molecule has 1 aromatic carbocycles. The molecule has 1 aromatic rings. The third kappa shape index (κ3) is 4.53. The second kappa shape index (κ2) is 7.76. The predicted molar refractivity (Wildman–Crippen MR) is 98.8 cm³/mol. The topological polar surface area (TPSA) is 90.0 Å². The van der Waals surface area contributed by atoms with Crippen molar-refractivity contribution in [3.05, 3.63) is 29.8 Å². The van der Waals surface area contributed by atoms with Gasteiger partial charge in [0.25, 0.3) is 0 Å². The van der Waals surface area contributed by atoms with Gasteiger partial charge in [0.2, 0.25) is 5.91 Å². The third-order valence-corrected chi connectivity index (χ3v) is 4.86. The predicted octanol–water partition coefficient (Wildman–Crippen LogP) is 2.77. The minimum atomic E-state index is -0.881. The van der Waals surface area contributed by atoms with E-state index in [2.05, 4.69) is 5.32 Å². The lowest BCUT2D eigenvalue weighted by Crippen LogP contribution is -2.37. The van der Waals surface area contributed by atoms with Crippen LogP contribution in [-0.2, 0) is 16.1 Å². The Morgan fingerprint density at radius 1 is 1.27 bits per heavy atom. The van der Waals surface area contributed by atoms with Crippen LogP contribution in [0.4, 0.5) is 10.5 Å². The van der Waals surface area contributed by atoms with Crippen molar-refractivity contribution in [1.82, 2.24) is 9.80 Å². The zero-order valence-electron chi connectivity index (χ0n) is 15.8. The number of hydrogen-bond donors (Lipinski definition) is 2. The molecule has 142 valence electrons. The number of nitrogens with one attached hydrogen (secondary N) is 1. The van der Waals surface area contributed by atoms with Gasteiger partial charge in [-0.05, 0) is 44.9 Å². The van der Waals surface area contributed by atoms with Gasteiger partial charge in [-0.1, -0.05) is 12.1 Å². The van der Waals surface area contributed by atoms with Gasteiger partial charge in [-0.2, -0.15) is 0 Å². The van der Waals surface area contributed by atoms with Crippen LogP contribution in [0.15, 0.2) is 24.3 Å². The summed E-state index contributed by atoms with van der Waals surface area (Å²) in [5.74, 6) is -0.856.